The molecule has 3 aliphatic heterocycles. The number of aliphatic hydroxyl groups excluding tert-OH is 1. The molecule has 3 aromatic rings. The molecule has 2 saturated carbocycles. The van der Waals surface area contributed by atoms with Crippen LogP contribution < -0.4 is 10.6 Å². The van der Waals surface area contributed by atoms with Crippen molar-refractivity contribution < 1.29 is 32.5 Å². The number of hydrogen-bond donors (Lipinski definition) is 3. The number of carbonyl (C=O) groups excluding carboxylic acids is 1. The molecule has 12 nitrogen and oxygen atoms in total. The predicted molar refractivity (Wildman–Crippen MR) is 208 cm³/mol. The zero-order chi connectivity index (χ0) is 37.4. The number of fused-ring (bicyclic) bond motifs is 2. The third-order valence-electron chi connectivity index (χ3n) is 12.3. The molecule has 54 heavy (non-hydrogen) atoms. The second-order valence-corrected chi connectivity index (χ2v) is 19.5. The summed E-state index contributed by atoms with van der Waals surface area (Å²) in [4.78, 5) is 21.1. The van der Waals surface area contributed by atoms with Crippen molar-refractivity contribution in [3.8, 4) is 0 Å². The minimum absolute atomic E-state index is 0.0121. The van der Waals surface area contributed by atoms with Crippen LogP contribution >= 0.6 is 11.3 Å². The number of sulfonamides is 1. The van der Waals surface area contributed by atoms with Gasteiger partial charge in [-0.1, -0.05) is 68.4 Å². The van der Waals surface area contributed by atoms with Crippen molar-refractivity contribution in [2.75, 3.05) is 44.7 Å². The molecule has 5 fully saturated rings. The van der Waals surface area contributed by atoms with Crippen molar-refractivity contribution in [1.29, 1.82) is 0 Å². The van der Waals surface area contributed by atoms with Gasteiger partial charge in [0.1, 0.15) is 6.10 Å². The van der Waals surface area contributed by atoms with Crippen molar-refractivity contribution in [3.63, 3.8) is 0 Å². The standard InChI is InChI=1S/C40H55N5O7S2/c1-25(2)21-45(54(48,49)30-12-13-33-36(20-30)53-39(42-33)41-28-14-16-44(17-15-28)29-10-6-7-11-29)22-35(46)34(18-26-8-4-3-5-9-26)43-40(47)52-37-27-19-31-32(37)24-51-38(31)50-23-27/h3-5,8-9,12-13,20,25,27-29,31-32,34-35,37-38,46H,6-7,10-11,14-19,21-24H2,1-2H3,(H,41,42)(H,43,47). The highest BCUT2D eigenvalue weighted by atomic mass is 32.2. The van der Waals surface area contributed by atoms with Crippen LogP contribution in [0.2, 0.25) is 0 Å². The van der Waals surface area contributed by atoms with Crippen LogP contribution in [0.4, 0.5) is 9.93 Å². The Labute approximate surface area is 323 Å². The molecule has 2 bridgehead atoms. The van der Waals surface area contributed by atoms with E-state index in [2.05, 4.69) is 15.5 Å². The Morgan fingerprint density at radius 2 is 1.80 bits per heavy atom. The second kappa shape index (κ2) is 16.3. The van der Waals surface area contributed by atoms with Gasteiger partial charge >= 0.3 is 6.09 Å². The first-order valence-electron chi connectivity index (χ1n) is 19.9. The molecule has 294 valence electrons. The van der Waals surface area contributed by atoms with E-state index in [1.54, 1.807) is 18.2 Å². The smallest absolute Gasteiger partial charge is 0.407 e. The Hall–Kier alpha value is -2.85. The van der Waals surface area contributed by atoms with Gasteiger partial charge in [-0.25, -0.2) is 18.2 Å². The summed E-state index contributed by atoms with van der Waals surface area (Å²) >= 11 is 1.48. The number of benzene rings is 2. The molecule has 4 heterocycles. The molecule has 7 atom stereocenters. The first kappa shape index (κ1) is 38.0. The average molecular weight is 782 g/mol. The Morgan fingerprint density at radius 1 is 1.04 bits per heavy atom. The normalized spacial score (nSPS) is 27.5. The molecule has 0 radical (unpaired) electrons. The number of piperidine rings is 1. The molecular weight excluding hydrogens is 727 g/mol. The lowest BCUT2D eigenvalue weighted by molar-refractivity contribution is -0.169. The van der Waals surface area contributed by atoms with Crippen LogP contribution in [-0.4, -0.2) is 110 Å². The number of likely N-dealkylation sites (tertiary alicyclic amines) is 1. The van der Waals surface area contributed by atoms with Crippen LogP contribution in [0.15, 0.2) is 53.4 Å². The predicted octanol–water partition coefficient (Wildman–Crippen LogP) is 5.47. The number of carbonyl (C=O) groups is 1. The second-order valence-electron chi connectivity index (χ2n) is 16.5. The van der Waals surface area contributed by atoms with Gasteiger partial charge in [0.05, 0.1) is 40.5 Å². The van der Waals surface area contributed by atoms with Crippen molar-refractivity contribution in [3.05, 3.63) is 54.1 Å². The Kier molecular flexibility index (Phi) is 11.5. The molecule has 1 aromatic heterocycles. The third-order valence-corrected chi connectivity index (χ3v) is 15.0. The molecule has 5 aliphatic rings. The fourth-order valence-electron chi connectivity index (χ4n) is 9.45. The van der Waals surface area contributed by atoms with Crippen LogP contribution in [0, 0.1) is 23.7 Å². The summed E-state index contributed by atoms with van der Waals surface area (Å²) < 4.78 is 48.5. The van der Waals surface area contributed by atoms with E-state index in [1.807, 2.05) is 44.2 Å². The van der Waals surface area contributed by atoms with E-state index in [1.165, 1.54) is 41.3 Å². The maximum absolute atomic E-state index is 14.4. The highest BCUT2D eigenvalue weighted by Gasteiger charge is 2.56. The van der Waals surface area contributed by atoms with Crippen LogP contribution in [0.5, 0.6) is 0 Å². The first-order valence-corrected chi connectivity index (χ1v) is 22.2. The largest absolute Gasteiger partial charge is 0.445 e. The van der Waals surface area contributed by atoms with Crippen LogP contribution in [0.3, 0.4) is 0 Å². The number of thiazole rings is 1. The fourth-order valence-corrected chi connectivity index (χ4v) is 12.2. The molecule has 2 aromatic carbocycles. The van der Waals surface area contributed by atoms with E-state index in [-0.39, 0.29) is 54.1 Å². The quantitative estimate of drug-likeness (QED) is 0.193. The van der Waals surface area contributed by atoms with Crippen molar-refractivity contribution in [2.24, 2.45) is 23.7 Å². The number of nitrogens with one attached hydrogen (secondary N) is 2. The molecule has 3 N–H and O–H groups in total. The maximum atomic E-state index is 14.4. The third kappa shape index (κ3) is 8.30. The Morgan fingerprint density at radius 3 is 2.56 bits per heavy atom. The number of amides is 1. The summed E-state index contributed by atoms with van der Waals surface area (Å²) in [6.07, 6.45) is 6.26. The summed E-state index contributed by atoms with van der Waals surface area (Å²) in [7, 11) is -4.03. The molecular formula is C40H55N5O7S2. The van der Waals surface area contributed by atoms with E-state index >= 15 is 0 Å². The number of aromatic nitrogens is 1. The molecule has 3 saturated heterocycles. The molecule has 1 amide bonds. The van der Waals surface area contributed by atoms with Gasteiger partial charge in [0.15, 0.2) is 11.4 Å². The summed E-state index contributed by atoms with van der Waals surface area (Å²) in [6, 6.07) is 14.9. The van der Waals surface area contributed by atoms with Gasteiger partial charge in [0.25, 0.3) is 0 Å². The molecule has 8 rings (SSSR count). The van der Waals surface area contributed by atoms with Crippen molar-refractivity contribution >= 4 is 42.8 Å². The molecule has 2 aliphatic carbocycles. The van der Waals surface area contributed by atoms with Crippen LogP contribution in [-0.2, 0) is 30.7 Å². The van der Waals surface area contributed by atoms with Gasteiger partial charge < -0.3 is 34.9 Å². The molecule has 7 unspecified atom stereocenters. The monoisotopic (exact) mass is 781 g/mol. The number of alkyl carbamates (subject to hydrolysis) is 1. The zero-order valence-electron chi connectivity index (χ0n) is 31.3. The Balaban J connectivity index is 0.953. The zero-order valence-corrected chi connectivity index (χ0v) is 33.0. The van der Waals surface area contributed by atoms with Crippen LogP contribution in [0.1, 0.15) is 64.4 Å². The Bertz CT molecular complexity index is 1850. The number of anilines is 1. The minimum Gasteiger partial charge on any atom is -0.445 e. The summed E-state index contributed by atoms with van der Waals surface area (Å²) in [5.41, 5.74) is 1.65. The van der Waals surface area contributed by atoms with Gasteiger partial charge in [-0.2, -0.15) is 4.31 Å². The van der Waals surface area contributed by atoms with Crippen molar-refractivity contribution in [2.45, 2.75) is 107 Å². The topological polar surface area (TPSA) is 143 Å². The van der Waals surface area contributed by atoms with Gasteiger partial charge in [0.2, 0.25) is 10.0 Å². The lowest BCUT2D eigenvalue weighted by Gasteiger charge is -2.36. The first-order chi connectivity index (χ1) is 26.1. The summed E-state index contributed by atoms with van der Waals surface area (Å²) in [5, 5.41) is 19.2. The number of nitrogens with zero attached hydrogens (tertiary/aromatic N) is 3. The van der Waals surface area contributed by atoms with E-state index in [4.69, 9.17) is 19.2 Å². The molecule has 14 heteroatoms. The highest BCUT2D eigenvalue weighted by Crippen LogP contribution is 2.49. The van der Waals surface area contributed by atoms with E-state index < -0.39 is 28.3 Å². The number of rotatable bonds is 14. The fraction of sp³-hybridized carbons (Fsp3) is 0.650. The minimum atomic E-state index is -4.03. The van der Waals surface area contributed by atoms with Gasteiger partial charge in [-0.15, -0.1) is 0 Å². The lowest BCUT2D eigenvalue weighted by atomic mass is 9.98. The maximum Gasteiger partial charge on any atom is 0.407 e. The average Bonchev–Trinajstić information content (AvgIpc) is 3.96. The lowest BCUT2D eigenvalue weighted by Crippen LogP contribution is -2.52. The number of aliphatic hydroxyl groups is 1. The van der Waals surface area contributed by atoms with E-state index in [9.17, 15) is 18.3 Å². The van der Waals surface area contributed by atoms with Crippen molar-refractivity contribution in [1.82, 2.24) is 19.5 Å². The highest BCUT2D eigenvalue weighted by molar-refractivity contribution is 7.89. The van der Waals surface area contributed by atoms with Gasteiger partial charge in [-0.05, 0) is 68.2 Å². The van der Waals surface area contributed by atoms with Crippen LogP contribution in [0.25, 0.3) is 10.2 Å². The van der Waals surface area contributed by atoms with Gasteiger partial charge in [0, 0.05) is 56.0 Å². The molecule has 0 spiro atoms. The SMILES string of the molecule is CC(C)CN(CC(O)C(Cc1ccccc1)NC(=O)OC1C2COC3OCC1C3C2)S(=O)(=O)c1ccc2nc(NC3CCN(C4CCCC4)CC3)sc2c1. The number of ether oxygens (including phenoxy) is 3. The van der Waals surface area contributed by atoms with E-state index in [0.29, 0.717) is 25.7 Å². The summed E-state index contributed by atoms with van der Waals surface area (Å²) in [6.45, 7) is 7.08. The van der Waals surface area contributed by atoms with E-state index in [0.717, 1.165) is 59.3 Å². The number of hydrogen-bond acceptors (Lipinski definition) is 11. The van der Waals surface area contributed by atoms with Gasteiger partial charge in [-0.3, -0.25) is 0 Å². The summed E-state index contributed by atoms with van der Waals surface area (Å²) in [5.74, 6) is 0.400.